The first-order chi connectivity index (χ1) is 10.3. The van der Waals surface area contributed by atoms with Crippen molar-refractivity contribution in [2.24, 2.45) is 0 Å². The fraction of sp³-hybridized carbons (Fsp3) is 0. The van der Waals surface area contributed by atoms with E-state index in [2.05, 4.69) is 20.7 Å². The molecule has 21 heavy (non-hydrogen) atoms. The molecule has 0 bridgehead atoms. The van der Waals surface area contributed by atoms with E-state index in [0.717, 1.165) is 21.1 Å². The van der Waals surface area contributed by atoms with Crippen molar-refractivity contribution >= 4 is 44.1 Å². The Morgan fingerprint density at radius 2 is 1.95 bits per heavy atom. The predicted molar refractivity (Wildman–Crippen MR) is 83.7 cm³/mol. The van der Waals surface area contributed by atoms with Gasteiger partial charge < -0.3 is 5.32 Å². The van der Waals surface area contributed by atoms with Crippen LogP contribution in [-0.4, -0.2) is 21.3 Å². The van der Waals surface area contributed by atoms with Gasteiger partial charge in [-0.1, -0.05) is 18.2 Å². The summed E-state index contributed by atoms with van der Waals surface area (Å²) >= 11 is 1.57. The van der Waals surface area contributed by atoms with E-state index in [4.69, 9.17) is 0 Å². The first-order valence-corrected chi connectivity index (χ1v) is 7.27. The third-order valence-electron chi connectivity index (χ3n) is 3.30. The van der Waals surface area contributed by atoms with Crippen LogP contribution in [0.15, 0.2) is 47.8 Å². The zero-order valence-electron chi connectivity index (χ0n) is 10.8. The third-order valence-corrected chi connectivity index (χ3v) is 4.26. The normalized spacial score (nSPS) is 11.0. The summed E-state index contributed by atoms with van der Waals surface area (Å²) in [6.07, 6.45) is 0. The maximum absolute atomic E-state index is 12.4. The Balaban J connectivity index is 1.68. The molecule has 2 N–H and O–H groups in total. The molecule has 0 fully saturated rings. The second-order valence-corrected chi connectivity index (χ2v) is 5.54. The number of benzene rings is 2. The molecule has 102 valence electrons. The van der Waals surface area contributed by atoms with Crippen molar-refractivity contribution in [3.05, 3.63) is 53.4 Å². The summed E-state index contributed by atoms with van der Waals surface area (Å²) in [5.41, 5.74) is 2.89. The number of aromatic nitrogens is 3. The van der Waals surface area contributed by atoms with E-state index in [0.29, 0.717) is 11.3 Å². The van der Waals surface area contributed by atoms with Gasteiger partial charge in [-0.3, -0.25) is 4.79 Å². The van der Waals surface area contributed by atoms with Gasteiger partial charge in [-0.05, 0) is 24.3 Å². The van der Waals surface area contributed by atoms with Crippen molar-refractivity contribution in [3.63, 3.8) is 0 Å². The minimum absolute atomic E-state index is 0.115. The van der Waals surface area contributed by atoms with Crippen LogP contribution < -0.4 is 5.32 Å². The van der Waals surface area contributed by atoms with Crippen molar-refractivity contribution in [1.29, 1.82) is 0 Å². The van der Waals surface area contributed by atoms with Crippen LogP contribution in [0.25, 0.3) is 21.1 Å². The average Bonchev–Trinajstić information content (AvgIpc) is 3.13. The molecule has 0 aliphatic heterocycles. The Hall–Kier alpha value is -2.73. The molecule has 0 atom stereocenters. The highest BCUT2D eigenvalue weighted by Crippen LogP contribution is 2.26. The SMILES string of the molecule is O=C(Nc1ccc2n[nH]nc2c1)c1csc2ccccc12. The summed E-state index contributed by atoms with van der Waals surface area (Å²) < 4.78 is 1.11. The lowest BCUT2D eigenvalue weighted by molar-refractivity contribution is 0.102. The summed E-state index contributed by atoms with van der Waals surface area (Å²) in [7, 11) is 0. The highest BCUT2D eigenvalue weighted by molar-refractivity contribution is 7.17. The number of hydrogen-bond acceptors (Lipinski definition) is 4. The Labute approximate surface area is 123 Å². The topological polar surface area (TPSA) is 70.7 Å². The van der Waals surface area contributed by atoms with Gasteiger partial charge in [-0.2, -0.15) is 15.4 Å². The van der Waals surface area contributed by atoms with Gasteiger partial charge >= 0.3 is 0 Å². The van der Waals surface area contributed by atoms with Gasteiger partial charge in [0, 0.05) is 21.2 Å². The summed E-state index contributed by atoms with van der Waals surface area (Å²) in [6.45, 7) is 0. The Kier molecular flexibility index (Phi) is 2.68. The van der Waals surface area contributed by atoms with E-state index < -0.39 is 0 Å². The number of H-pyrrole nitrogens is 1. The van der Waals surface area contributed by atoms with Gasteiger partial charge in [0.15, 0.2) is 0 Å². The molecule has 0 aliphatic rings. The van der Waals surface area contributed by atoms with Crippen LogP contribution in [0.5, 0.6) is 0 Å². The van der Waals surface area contributed by atoms with Crippen molar-refractivity contribution in [1.82, 2.24) is 15.4 Å². The minimum Gasteiger partial charge on any atom is -0.322 e. The molecule has 6 heteroatoms. The molecular formula is C15H10N4OS. The molecule has 1 amide bonds. The molecule has 0 aliphatic carbocycles. The lowest BCUT2D eigenvalue weighted by Gasteiger charge is -2.04. The maximum atomic E-state index is 12.4. The van der Waals surface area contributed by atoms with Crippen molar-refractivity contribution in [3.8, 4) is 0 Å². The number of anilines is 1. The summed E-state index contributed by atoms with van der Waals surface area (Å²) in [5.74, 6) is -0.115. The van der Waals surface area contributed by atoms with Crippen LogP contribution in [-0.2, 0) is 0 Å². The fourth-order valence-corrected chi connectivity index (χ4v) is 3.21. The van der Waals surface area contributed by atoms with Crippen LogP contribution in [0.1, 0.15) is 10.4 Å². The Morgan fingerprint density at radius 3 is 2.90 bits per heavy atom. The summed E-state index contributed by atoms with van der Waals surface area (Å²) in [5, 5.41) is 16.3. The van der Waals surface area contributed by atoms with Gasteiger partial charge in [-0.15, -0.1) is 11.3 Å². The van der Waals surface area contributed by atoms with Crippen LogP contribution in [0.2, 0.25) is 0 Å². The smallest absolute Gasteiger partial charge is 0.257 e. The van der Waals surface area contributed by atoms with Crippen LogP contribution in [0, 0.1) is 0 Å². The van der Waals surface area contributed by atoms with Gasteiger partial charge in [-0.25, -0.2) is 0 Å². The van der Waals surface area contributed by atoms with Gasteiger partial charge in [0.25, 0.3) is 5.91 Å². The number of hydrogen-bond donors (Lipinski definition) is 2. The molecular weight excluding hydrogens is 284 g/mol. The first-order valence-electron chi connectivity index (χ1n) is 6.39. The molecule has 0 unspecified atom stereocenters. The molecule has 2 aromatic heterocycles. The number of carbonyl (C=O) groups is 1. The fourth-order valence-electron chi connectivity index (χ4n) is 2.27. The van der Waals surface area contributed by atoms with E-state index in [1.54, 1.807) is 17.4 Å². The third kappa shape index (κ3) is 2.05. The van der Waals surface area contributed by atoms with Crippen LogP contribution in [0.4, 0.5) is 5.69 Å². The quantitative estimate of drug-likeness (QED) is 0.595. The van der Waals surface area contributed by atoms with Crippen molar-refractivity contribution < 1.29 is 4.79 Å². The largest absolute Gasteiger partial charge is 0.322 e. The summed E-state index contributed by atoms with van der Waals surface area (Å²) in [6, 6.07) is 13.3. The second-order valence-electron chi connectivity index (χ2n) is 4.63. The van der Waals surface area contributed by atoms with E-state index in [-0.39, 0.29) is 5.91 Å². The molecule has 5 nitrogen and oxygen atoms in total. The molecule has 2 heterocycles. The number of amides is 1. The number of rotatable bonds is 2. The number of aromatic amines is 1. The molecule has 0 saturated heterocycles. The standard InChI is InChI=1S/C15H10N4OS/c20-15(11-8-21-14-4-2-1-3-10(11)14)16-9-5-6-12-13(7-9)18-19-17-12/h1-8H,(H,16,20)(H,17,18,19). The average molecular weight is 294 g/mol. The monoisotopic (exact) mass is 294 g/mol. The molecule has 0 saturated carbocycles. The van der Waals surface area contributed by atoms with Crippen molar-refractivity contribution in [2.45, 2.75) is 0 Å². The lowest BCUT2D eigenvalue weighted by atomic mass is 10.1. The molecule has 4 aromatic rings. The van der Waals surface area contributed by atoms with E-state index >= 15 is 0 Å². The zero-order chi connectivity index (χ0) is 14.2. The van der Waals surface area contributed by atoms with E-state index in [1.165, 1.54) is 0 Å². The number of thiophene rings is 1. The highest BCUT2D eigenvalue weighted by atomic mass is 32.1. The number of fused-ring (bicyclic) bond motifs is 2. The number of nitrogens with zero attached hydrogens (tertiary/aromatic N) is 2. The maximum Gasteiger partial charge on any atom is 0.257 e. The Bertz CT molecular complexity index is 956. The lowest BCUT2D eigenvalue weighted by Crippen LogP contribution is -2.11. The molecule has 4 rings (SSSR count). The first kappa shape index (κ1) is 12.0. The molecule has 0 radical (unpaired) electrons. The molecule has 0 spiro atoms. The van der Waals surface area contributed by atoms with Crippen LogP contribution >= 0.6 is 11.3 Å². The predicted octanol–water partition coefficient (Wildman–Crippen LogP) is 3.42. The number of carbonyl (C=O) groups excluding carboxylic acids is 1. The highest BCUT2D eigenvalue weighted by Gasteiger charge is 2.12. The van der Waals surface area contributed by atoms with E-state index in [1.807, 2.05) is 41.8 Å². The minimum atomic E-state index is -0.115. The van der Waals surface area contributed by atoms with E-state index in [9.17, 15) is 4.79 Å². The molecule has 2 aromatic carbocycles. The summed E-state index contributed by atoms with van der Waals surface area (Å²) in [4.78, 5) is 12.4. The van der Waals surface area contributed by atoms with Gasteiger partial charge in [0.1, 0.15) is 11.0 Å². The Morgan fingerprint density at radius 1 is 1.10 bits per heavy atom. The zero-order valence-corrected chi connectivity index (χ0v) is 11.6. The van der Waals surface area contributed by atoms with Gasteiger partial charge in [0.05, 0.1) is 5.56 Å². The second kappa shape index (κ2) is 4.68. The van der Waals surface area contributed by atoms with Crippen molar-refractivity contribution in [2.75, 3.05) is 5.32 Å². The number of nitrogens with one attached hydrogen (secondary N) is 2. The van der Waals surface area contributed by atoms with Gasteiger partial charge in [0.2, 0.25) is 0 Å². The van der Waals surface area contributed by atoms with Crippen LogP contribution in [0.3, 0.4) is 0 Å².